The van der Waals surface area contributed by atoms with Crippen LogP contribution in [-0.4, -0.2) is 23.8 Å². The summed E-state index contributed by atoms with van der Waals surface area (Å²) in [6, 6.07) is 9.03. The number of aromatic nitrogens is 1. The van der Waals surface area contributed by atoms with Crippen LogP contribution in [0.15, 0.2) is 47.1 Å². The van der Waals surface area contributed by atoms with Gasteiger partial charge in [0, 0.05) is 10.6 Å². The standard InChI is InChI=1S/C16H13ClN2O2S/c1-22-15-5-3-13(8-18-15)19-16(20)11-6-10-7-12(17)2-4-14(10)21-9-11/h2-8H,9H2,1H3,(H,19,20). The van der Waals surface area contributed by atoms with Gasteiger partial charge in [0.2, 0.25) is 0 Å². The van der Waals surface area contributed by atoms with Crippen molar-refractivity contribution in [2.24, 2.45) is 0 Å². The number of rotatable bonds is 3. The number of carbonyl (C=O) groups excluding carboxylic acids is 1. The molecule has 4 nitrogen and oxygen atoms in total. The number of halogens is 1. The lowest BCUT2D eigenvalue weighted by atomic mass is 10.1. The third-order valence-electron chi connectivity index (χ3n) is 3.18. The van der Waals surface area contributed by atoms with E-state index in [1.165, 1.54) is 0 Å². The zero-order valence-corrected chi connectivity index (χ0v) is 13.4. The average Bonchev–Trinajstić information content (AvgIpc) is 2.54. The van der Waals surface area contributed by atoms with Gasteiger partial charge >= 0.3 is 0 Å². The molecular formula is C16H13ClN2O2S. The lowest BCUT2D eigenvalue weighted by Gasteiger charge is -2.17. The number of nitrogens with one attached hydrogen (secondary N) is 1. The summed E-state index contributed by atoms with van der Waals surface area (Å²) >= 11 is 7.52. The quantitative estimate of drug-likeness (QED) is 0.867. The summed E-state index contributed by atoms with van der Waals surface area (Å²) in [6.45, 7) is 0.233. The highest BCUT2D eigenvalue weighted by molar-refractivity contribution is 7.98. The molecule has 0 saturated carbocycles. The van der Waals surface area contributed by atoms with Gasteiger partial charge in [-0.25, -0.2) is 4.98 Å². The number of hydrogen-bond acceptors (Lipinski definition) is 4. The van der Waals surface area contributed by atoms with E-state index < -0.39 is 0 Å². The third-order valence-corrected chi connectivity index (χ3v) is 4.07. The van der Waals surface area contributed by atoms with Crippen LogP contribution in [0.1, 0.15) is 5.56 Å². The van der Waals surface area contributed by atoms with Gasteiger partial charge in [-0.15, -0.1) is 11.8 Å². The Hall–Kier alpha value is -1.98. The summed E-state index contributed by atoms with van der Waals surface area (Å²) in [4.78, 5) is 16.5. The molecule has 22 heavy (non-hydrogen) atoms. The molecular weight excluding hydrogens is 320 g/mol. The van der Waals surface area contributed by atoms with Crippen molar-refractivity contribution in [2.75, 3.05) is 18.2 Å². The Morgan fingerprint density at radius 2 is 2.23 bits per heavy atom. The highest BCUT2D eigenvalue weighted by Gasteiger charge is 2.17. The Morgan fingerprint density at radius 1 is 1.36 bits per heavy atom. The van der Waals surface area contributed by atoms with E-state index in [1.54, 1.807) is 42.2 Å². The number of amides is 1. The smallest absolute Gasteiger partial charge is 0.255 e. The predicted octanol–water partition coefficient (Wildman–Crippen LogP) is 3.87. The molecule has 0 atom stereocenters. The number of fused-ring (bicyclic) bond motifs is 1. The second-order valence-electron chi connectivity index (χ2n) is 4.68. The number of carbonyl (C=O) groups is 1. The van der Waals surface area contributed by atoms with Gasteiger partial charge in [-0.3, -0.25) is 4.79 Å². The van der Waals surface area contributed by atoms with Crippen molar-refractivity contribution in [1.29, 1.82) is 0 Å². The number of pyridine rings is 1. The monoisotopic (exact) mass is 332 g/mol. The van der Waals surface area contributed by atoms with Crippen molar-refractivity contribution < 1.29 is 9.53 Å². The first-order valence-electron chi connectivity index (χ1n) is 6.60. The average molecular weight is 333 g/mol. The first-order chi connectivity index (χ1) is 10.7. The van der Waals surface area contributed by atoms with Crippen molar-refractivity contribution in [3.05, 3.63) is 52.7 Å². The fourth-order valence-electron chi connectivity index (χ4n) is 2.07. The minimum absolute atomic E-state index is 0.204. The van der Waals surface area contributed by atoms with Gasteiger partial charge < -0.3 is 10.1 Å². The Labute approximate surface area is 137 Å². The molecule has 1 aromatic heterocycles. The normalized spacial score (nSPS) is 12.9. The Bertz CT molecular complexity index is 744. The summed E-state index contributed by atoms with van der Waals surface area (Å²) < 4.78 is 5.58. The van der Waals surface area contributed by atoms with E-state index in [1.807, 2.05) is 18.4 Å². The van der Waals surface area contributed by atoms with Crippen LogP contribution in [-0.2, 0) is 4.79 Å². The highest BCUT2D eigenvalue weighted by atomic mass is 35.5. The molecule has 1 amide bonds. The first-order valence-corrected chi connectivity index (χ1v) is 8.20. The molecule has 1 aliphatic rings. The molecule has 0 fully saturated rings. The highest BCUT2D eigenvalue weighted by Crippen LogP contribution is 2.29. The van der Waals surface area contributed by atoms with E-state index in [-0.39, 0.29) is 12.5 Å². The summed E-state index contributed by atoms with van der Waals surface area (Å²) in [6.07, 6.45) is 5.38. The molecule has 0 radical (unpaired) electrons. The molecule has 2 aromatic rings. The third kappa shape index (κ3) is 3.26. The van der Waals surface area contributed by atoms with Crippen molar-refractivity contribution in [2.45, 2.75) is 5.03 Å². The minimum atomic E-state index is -0.204. The number of thioether (sulfide) groups is 1. The number of hydrogen-bond donors (Lipinski definition) is 1. The summed E-state index contributed by atoms with van der Waals surface area (Å²) in [7, 11) is 0. The Balaban J connectivity index is 1.77. The van der Waals surface area contributed by atoms with Crippen LogP contribution in [0.2, 0.25) is 5.02 Å². The van der Waals surface area contributed by atoms with Crippen LogP contribution in [0.25, 0.3) is 6.08 Å². The number of ether oxygens (including phenoxy) is 1. The first kappa shape index (κ1) is 14.9. The SMILES string of the molecule is CSc1ccc(NC(=O)C2=Cc3cc(Cl)ccc3OC2)cn1. The molecule has 0 unspecified atom stereocenters. The minimum Gasteiger partial charge on any atom is -0.488 e. The van der Waals surface area contributed by atoms with Gasteiger partial charge in [0.1, 0.15) is 12.4 Å². The second kappa shape index (κ2) is 6.42. The molecule has 1 N–H and O–H groups in total. The number of nitrogens with zero attached hydrogens (tertiary/aromatic N) is 1. The predicted molar refractivity (Wildman–Crippen MR) is 89.6 cm³/mol. The van der Waals surface area contributed by atoms with Crippen LogP contribution in [0.5, 0.6) is 5.75 Å². The van der Waals surface area contributed by atoms with Crippen molar-refractivity contribution >= 4 is 41.0 Å². The van der Waals surface area contributed by atoms with E-state index in [0.29, 0.717) is 16.3 Å². The molecule has 1 aliphatic heterocycles. The zero-order valence-electron chi connectivity index (χ0n) is 11.8. The molecule has 0 saturated heterocycles. The zero-order chi connectivity index (χ0) is 15.5. The van der Waals surface area contributed by atoms with E-state index in [9.17, 15) is 4.79 Å². The van der Waals surface area contributed by atoms with Gasteiger partial charge in [-0.05, 0) is 42.7 Å². The molecule has 3 rings (SSSR count). The van der Waals surface area contributed by atoms with Gasteiger partial charge in [0.25, 0.3) is 5.91 Å². The second-order valence-corrected chi connectivity index (χ2v) is 5.95. The maximum Gasteiger partial charge on any atom is 0.255 e. The maximum atomic E-state index is 12.3. The van der Waals surface area contributed by atoms with Crippen LogP contribution in [0.4, 0.5) is 5.69 Å². The molecule has 0 aliphatic carbocycles. The fraction of sp³-hybridized carbons (Fsp3) is 0.125. The van der Waals surface area contributed by atoms with Gasteiger partial charge in [0.05, 0.1) is 22.5 Å². The van der Waals surface area contributed by atoms with E-state index in [4.69, 9.17) is 16.3 Å². The molecule has 6 heteroatoms. The molecule has 1 aromatic carbocycles. The van der Waals surface area contributed by atoms with Crippen molar-refractivity contribution in [3.63, 3.8) is 0 Å². The van der Waals surface area contributed by atoms with Gasteiger partial charge in [-0.2, -0.15) is 0 Å². The fourth-order valence-corrected chi connectivity index (χ4v) is 2.61. The largest absolute Gasteiger partial charge is 0.488 e. The number of anilines is 1. The van der Waals surface area contributed by atoms with E-state index in [0.717, 1.165) is 16.3 Å². The summed E-state index contributed by atoms with van der Waals surface area (Å²) in [5.41, 5.74) is 2.00. The van der Waals surface area contributed by atoms with Crippen LogP contribution in [0.3, 0.4) is 0 Å². The topological polar surface area (TPSA) is 51.2 Å². The lowest BCUT2D eigenvalue weighted by Crippen LogP contribution is -2.21. The molecule has 0 bridgehead atoms. The maximum absolute atomic E-state index is 12.3. The van der Waals surface area contributed by atoms with Gasteiger partial charge in [-0.1, -0.05) is 11.6 Å². The van der Waals surface area contributed by atoms with Crippen LogP contribution >= 0.6 is 23.4 Å². The molecule has 2 heterocycles. The Kier molecular flexibility index (Phi) is 4.36. The Morgan fingerprint density at radius 3 is 2.95 bits per heavy atom. The lowest BCUT2D eigenvalue weighted by molar-refractivity contribution is -0.113. The van der Waals surface area contributed by atoms with Crippen molar-refractivity contribution in [1.82, 2.24) is 4.98 Å². The van der Waals surface area contributed by atoms with E-state index >= 15 is 0 Å². The molecule has 112 valence electrons. The van der Waals surface area contributed by atoms with Crippen LogP contribution < -0.4 is 10.1 Å². The molecule has 0 spiro atoms. The van der Waals surface area contributed by atoms with Crippen molar-refractivity contribution in [3.8, 4) is 5.75 Å². The van der Waals surface area contributed by atoms with Crippen LogP contribution in [0, 0.1) is 0 Å². The van der Waals surface area contributed by atoms with Gasteiger partial charge in [0.15, 0.2) is 0 Å². The summed E-state index contributed by atoms with van der Waals surface area (Å²) in [5, 5.41) is 4.33. The number of benzene rings is 1. The van der Waals surface area contributed by atoms with E-state index in [2.05, 4.69) is 10.3 Å². The summed E-state index contributed by atoms with van der Waals surface area (Å²) in [5.74, 6) is 0.524.